The fourth-order valence-corrected chi connectivity index (χ4v) is 2.03. The summed E-state index contributed by atoms with van der Waals surface area (Å²) < 4.78 is 0. The van der Waals surface area contributed by atoms with E-state index in [0.29, 0.717) is 6.54 Å². The van der Waals surface area contributed by atoms with Crippen molar-refractivity contribution in [2.45, 2.75) is 46.2 Å². The van der Waals surface area contributed by atoms with Crippen LogP contribution in [0.25, 0.3) is 0 Å². The summed E-state index contributed by atoms with van der Waals surface area (Å²) in [7, 11) is 0. The molecule has 1 aromatic heterocycles. The van der Waals surface area contributed by atoms with Crippen LogP contribution in [0, 0.1) is 0 Å². The highest BCUT2D eigenvalue weighted by Crippen LogP contribution is 2.13. The molecular formula is C16H22N4O. The van der Waals surface area contributed by atoms with Gasteiger partial charge in [0.25, 0.3) is 5.91 Å². The van der Waals surface area contributed by atoms with E-state index in [2.05, 4.69) is 15.2 Å². The Kier molecular flexibility index (Phi) is 4.73. The summed E-state index contributed by atoms with van der Waals surface area (Å²) in [6, 6.07) is 10.0. The van der Waals surface area contributed by atoms with E-state index >= 15 is 0 Å². The Labute approximate surface area is 125 Å². The minimum Gasteiger partial charge on any atom is -0.329 e. The molecule has 0 aliphatic rings. The van der Waals surface area contributed by atoms with E-state index in [1.807, 2.05) is 58.0 Å². The largest absolute Gasteiger partial charge is 0.329 e. The number of benzene rings is 1. The van der Waals surface area contributed by atoms with E-state index in [0.717, 1.165) is 11.4 Å². The molecule has 0 unspecified atom stereocenters. The molecule has 2 aromatic rings. The molecule has 5 heteroatoms. The minimum absolute atomic E-state index is 0.0821. The lowest BCUT2D eigenvalue weighted by atomic mass is 10.2. The summed E-state index contributed by atoms with van der Waals surface area (Å²) >= 11 is 0. The number of H-pyrrole nitrogens is 1. The zero-order valence-electron chi connectivity index (χ0n) is 13.0. The lowest BCUT2D eigenvalue weighted by molar-refractivity contribution is 0.0678. The SMILES string of the molecule is CC(C)c1nc(C(=O)N(Cc2ccccc2)C(C)C)n[nH]1. The maximum atomic E-state index is 12.6. The molecule has 0 spiro atoms. The second kappa shape index (κ2) is 6.52. The molecule has 5 nitrogen and oxygen atoms in total. The van der Waals surface area contributed by atoms with Crippen LogP contribution in [0.2, 0.25) is 0 Å². The van der Waals surface area contributed by atoms with E-state index < -0.39 is 0 Å². The summed E-state index contributed by atoms with van der Waals surface area (Å²) in [5.41, 5.74) is 1.10. The summed E-state index contributed by atoms with van der Waals surface area (Å²) in [5.74, 6) is 1.06. The Hall–Kier alpha value is -2.17. The first-order valence-electron chi connectivity index (χ1n) is 7.26. The first-order chi connectivity index (χ1) is 9.99. The lowest BCUT2D eigenvalue weighted by Crippen LogP contribution is -2.37. The van der Waals surface area contributed by atoms with Gasteiger partial charge in [0, 0.05) is 18.5 Å². The van der Waals surface area contributed by atoms with Gasteiger partial charge in [-0.3, -0.25) is 9.89 Å². The van der Waals surface area contributed by atoms with Crippen LogP contribution in [0.5, 0.6) is 0 Å². The van der Waals surface area contributed by atoms with Crippen LogP contribution in [0.15, 0.2) is 30.3 Å². The first kappa shape index (κ1) is 15.2. The monoisotopic (exact) mass is 286 g/mol. The maximum absolute atomic E-state index is 12.6. The number of rotatable bonds is 5. The smallest absolute Gasteiger partial charge is 0.294 e. The van der Waals surface area contributed by atoms with Gasteiger partial charge < -0.3 is 4.90 Å². The average molecular weight is 286 g/mol. The van der Waals surface area contributed by atoms with Gasteiger partial charge in [-0.25, -0.2) is 4.98 Å². The number of hydrogen-bond acceptors (Lipinski definition) is 3. The third-order valence-electron chi connectivity index (χ3n) is 3.32. The zero-order chi connectivity index (χ0) is 15.4. The molecule has 1 aromatic carbocycles. The molecule has 0 radical (unpaired) electrons. The summed E-state index contributed by atoms with van der Waals surface area (Å²) in [4.78, 5) is 18.7. The van der Waals surface area contributed by atoms with Crippen LogP contribution in [0.3, 0.4) is 0 Å². The van der Waals surface area contributed by atoms with Crippen molar-refractivity contribution in [3.05, 3.63) is 47.5 Å². The number of nitrogens with zero attached hydrogens (tertiary/aromatic N) is 3. The van der Waals surface area contributed by atoms with Crippen molar-refractivity contribution >= 4 is 5.91 Å². The highest BCUT2D eigenvalue weighted by atomic mass is 16.2. The Morgan fingerprint density at radius 2 is 1.86 bits per heavy atom. The van der Waals surface area contributed by atoms with Gasteiger partial charge in [-0.15, -0.1) is 5.10 Å². The van der Waals surface area contributed by atoms with Crippen molar-refractivity contribution in [2.75, 3.05) is 0 Å². The van der Waals surface area contributed by atoms with Gasteiger partial charge in [-0.2, -0.15) is 0 Å². The second-order valence-corrected chi connectivity index (χ2v) is 5.71. The van der Waals surface area contributed by atoms with Gasteiger partial charge in [-0.05, 0) is 19.4 Å². The van der Waals surface area contributed by atoms with Crippen molar-refractivity contribution in [2.24, 2.45) is 0 Å². The molecule has 1 N–H and O–H groups in total. The molecule has 112 valence electrons. The highest BCUT2D eigenvalue weighted by Gasteiger charge is 2.23. The Morgan fingerprint density at radius 1 is 1.19 bits per heavy atom. The normalized spacial score (nSPS) is 11.1. The third kappa shape index (κ3) is 3.68. The maximum Gasteiger partial charge on any atom is 0.294 e. The molecule has 2 rings (SSSR count). The standard InChI is InChI=1S/C16H22N4O/c1-11(2)14-17-15(19-18-14)16(21)20(12(3)4)10-13-8-6-5-7-9-13/h5-9,11-12H,10H2,1-4H3,(H,17,18,19). The Morgan fingerprint density at radius 3 is 2.38 bits per heavy atom. The second-order valence-electron chi connectivity index (χ2n) is 5.71. The number of hydrogen-bond donors (Lipinski definition) is 1. The molecule has 1 heterocycles. The molecule has 21 heavy (non-hydrogen) atoms. The van der Waals surface area contributed by atoms with Crippen LogP contribution >= 0.6 is 0 Å². The summed E-state index contributed by atoms with van der Waals surface area (Å²) in [5, 5.41) is 6.89. The lowest BCUT2D eigenvalue weighted by Gasteiger charge is -2.25. The van der Waals surface area contributed by atoms with Crippen molar-refractivity contribution < 1.29 is 4.79 Å². The number of carbonyl (C=O) groups is 1. The Bertz CT molecular complexity index is 589. The fraction of sp³-hybridized carbons (Fsp3) is 0.438. The molecule has 0 bridgehead atoms. The molecule has 1 amide bonds. The molecule has 0 fully saturated rings. The minimum atomic E-state index is -0.142. The predicted octanol–water partition coefficient (Wildman–Crippen LogP) is 2.98. The van der Waals surface area contributed by atoms with Gasteiger partial charge >= 0.3 is 0 Å². The molecule has 0 saturated carbocycles. The van der Waals surface area contributed by atoms with Gasteiger partial charge in [0.2, 0.25) is 5.82 Å². The van der Waals surface area contributed by atoms with E-state index in [1.165, 1.54) is 0 Å². The van der Waals surface area contributed by atoms with Gasteiger partial charge in [0.1, 0.15) is 5.82 Å². The van der Waals surface area contributed by atoms with Crippen molar-refractivity contribution in [1.82, 2.24) is 20.1 Å². The number of carbonyl (C=O) groups excluding carboxylic acids is 1. The third-order valence-corrected chi connectivity index (χ3v) is 3.32. The number of amides is 1. The van der Waals surface area contributed by atoms with E-state index in [-0.39, 0.29) is 23.7 Å². The van der Waals surface area contributed by atoms with E-state index in [4.69, 9.17) is 0 Å². The van der Waals surface area contributed by atoms with E-state index in [9.17, 15) is 4.79 Å². The predicted molar refractivity (Wildman–Crippen MR) is 81.9 cm³/mol. The van der Waals surface area contributed by atoms with Crippen molar-refractivity contribution in [3.63, 3.8) is 0 Å². The summed E-state index contributed by atoms with van der Waals surface area (Å²) in [6.07, 6.45) is 0. The van der Waals surface area contributed by atoms with Crippen LogP contribution < -0.4 is 0 Å². The first-order valence-corrected chi connectivity index (χ1v) is 7.26. The van der Waals surface area contributed by atoms with Crippen LogP contribution in [0.1, 0.15) is 55.6 Å². The Balaban J connectivity index is 2.19. The number of nitrogens with one attached hydrogen (secondary N) is 1. The van der Waals surface area contributed by atoms with Crippen molar-refractivity contribution in [3.8, 4) is 0 Å². The topological polar surface area (TPSA) is 61.9 Å². The summed E-state index contributed by atoms with van der Waals surface area (Å²) in [6.45, 7) is 8.58. The molecule has 0 aliphatic heterocycles. The molecule has 0 aliphatic carbocycles. The highest BCUT2D eigenvalue weighted by molar-refractivity contribution is 5.90. The average Bonchev–Trinajstić information content (AvgIpc) is 2.95. The van der Waals surface area contributed by atoms with Crippen LogP contribution in [-0.4, -0.2) is 32.0 Å². The molecule has 0 atom stereocenters. The van der Waals surface area contributed by atoms with Crippen LogP contribution in [0.4, 0.5) is 0 Å². The fourth-order valence-electron chi connectivity index (χ4n) is 2.03. The number of aromatic nitrogens is 3. The van der Waals surface area contributed by atoms with Crippen LogP contribution in [-0.2, 0) is 6.54 Å². The quantitative estimate of drug-likeness (QED) is 0.919. The van der Waals surface area contributed by atoms with Gasteiger partial charge in [0.05, 0.1) is 0 Å². The zero-order valence-corrected chi connectivity index (χ0v) is 13.0. The molecular weight excluding hydrogens is 264 g/mol. The van der Waals surface area contributed by atoms with E-state index in [1.54, 1.807) is 4.90 Å². The van der Waals surface area contributed by atoms with Gasteiger partial charge in [0.15, 0.2) is 0 Å². The molecule has 0 saturated heterocycles. The van der Waals surface area contributed by atoms with Crippen molar-refractivity contribution in [1.29, 1.82) is 0 Å². The number of aromatic amines is 1. The van der Waals surface area contributed by atoms with Gasteiger partial charge in [-0.1, -0.05) is 44.2 Å².